The molecule has 0 saturated carbocycles. The topological polar surface area (TPSA) is 29.5 Å². The molecule has 2 nitrogen and oxygen atoms in total. The Morgan fingerprint density at radius 2 is 1.95 bits per heavy atom. The lowest BCUT2D eigenvalue weighted by Gasteiger charge is -2.16. The van der Waals surface area contributed by atoms with Gasteiger partial charge in [0.25, 0.3) is 0 Å². The maximum absolute atomic E-state index is 13.9. The monoisotopic (exact) mass is 260 g/mol. The van der Waals surface area contributed by atoms with Crippen LogP contribution in [0.3, 0.4) is 0 Å². The molecule has 0 aliphatic carbocycles. The van der Waals surface area contributed by atoms with Crippen LogP contribution in [0.15, 0.2) is 42.5 Å². The van der Waals surface area contributed by atoms with Gasteiger partial charge in [0, 0.05) is 0 Å². The molecule has 1 atom stereocenters. The van der Waals surface area contributed by atoms with E-state index in [1.165, 1.54) is 13.2 Å². The van der Waals surface area contributed by atoms with Gasteiger partial charge in [-0.2, -0.15) is 0 Å². The number of rotatable bonds is 4. The van der Waals surface area contributed by atoms with E-state index in [0.29, 0.717) is 11.3 Å². The zero-order valence-electron chi connectivity index (χ0n) is 11.1. The molecule has 1 N–H and O–H groups in total. The minimum absolute atomic E-state index is 0.179. The van der Waals surface area contributed by atoms with E-state index >= 15 is 0 Å². The van der Waals surface area contributed by atoms with Gasteiger partial charge in [0.15, 0.2) is 0 Å². The van der Waals surface area contributed by atoms with E-state index in [1.807, 2.05) is 25.1 Å². The van der Waals surface area contributed by atoms with E-state index in [-0.39, 0.29) is 5.56 Å². The molecular weight excluding hydrogens is 243 g/mol. The Labute approximate surface area is 112 Å². The summed E-state index contributed by atoms with van der Waals surface area (Å²) in [4.78, 5) is 0. The third-order valence-corrected chi connectivity index (χ3v) is 3.18. The van der Waals surface area contributed by atoms with Crippen molar-refractivity contribution in [2.45, 2.75) is 19.4 Å². The third kappa shape index (κ3) is 2.76. The molecule has 0 aliphatic heterocycles. The first kappa shape index (κ1) is 13.6. The number of halogens is 1. The highest BCUT2D eigenvalue weighted by atomic mass is 19.1. The first-order valence-corrected chi connectivity index (χ1v) is 6.26. The number of aliphatic hydroxyl groups excluding tert-OH is 1. The molecule has 0 aromatic heterocycles. The number of hydrogen-bond donors (Lipinski definition) is 1. The summed E-state index contributed by atoms with van der Waals surface area (Å²) in [7, 11) is 1.47. The molecule has 2 aromatic carbocycles. The van der Waals surface area contributed by atoms with Gasteiger partial charge in [0.2, 0.25) is 0 Å². The summed E-state index contributed by atoms with van der Waals surface area (Å²) in [5.41, 5.74) is 1.95. The average Bonchev–Trinajstić information content (AvgIpc) is 2.46. The van der Waals surface area contributed by atoms with Crippen molar-refractivity contribution in [3.63, 3.8) is 0 Å². The predicted molar refractivity (Wildman–Crippen MR) is 72.8 cm³/mol. The Kier molecular flexibility index (Phi) is 4.17. The second-order valence-electron chi connectivity index (χ2n) is 4.36. The largest absolute Gasteiger partial charge is 0.496 e. The average molecular weight is 260 g/mol. The van der Waals surface area contributed by atoms with Crippen LogP contribution in [0.25, 0.3) is 0 Å². The smallest absolute Gasteiger partial charge is 0.133 e. The lowest BCUT2D eigenvalue weighted by atomic mass is 9.98. The van der Waals surface area contributed by atoms with Gasteiger partial charge in [0.1, 0.15) is 17.7 Å². The summed E-state index contributed by atoms with van der Waals surface area (Å²) < 4.78 is 19.0. The minimum atomic E-state index is -1.03. The number of methoxy groups -OCH3 is 1. The molecule has 0 bridgehead atoms. The molecular formula is C16H17FO2. The van der Waals surface area contributed by atoms with Crippen LogP contribution in [-0.4, -0.2) is 12.2 Å². The summed E-state index contributed by atoms with van der Waals surface area (Å²) in [5, 5.41) is 10.4. The van der Waals surface area contributed by atoms with Crippen molar-refractivity contribution in [2.75, 3.05) is 7.11 Å². The van der Waals surface area contributed by atoms with Crippen LogP contribution in [-0.2, 0) is 6.42 Å². The van der Waals surface area contributed by atoms with E-state index in [2.05, 4.69) is 0 Å². The summed E-state index contributed by atoms with van der Waals surface area (Å²) >= 11 is 0. The zero-order chi connectivity index (χ0) is 13.8. The Morgan fingerprint density at radius 3 is 2.63 bits per heavy atom. The van der Waals surface area contributed by atoms with Crippen LogP contribution >= 0.6 is 0 Å². The molecule has 19 heavy (non-hydrogen) atoms. The number of aliphatic hydroxyl groups is 1. The van der Waals surface area contributed by atoms with Crippen molar-refractivity contribution >= 4 is 0 Å². The van der Waals surface area contributed by atoms with E-state index in [9.17, 15) is 9.50 Å². The number of ether oxygens (including phenoxy) is 1. The first-order valence-electron chi connectivity index (χ1n) is 6.26. The fourth-order valence-electron chi connectivity index (χ4n) is 2.11. The molecule has 0 aliphatic rings. The van der Waals surface area contributed by atoms with Crippen molar-refractivity contribution in [3.05, 3.63) is 65.0 Å². The normalized spacial score (nSPS) is 12.2. The molecule has 0 amide bonds. The van der Waals surface area contributed by atoms with Gasteiger partial charge in [-0.05, 0) is 29.7 Å². The second-order valence-corrected chi connectivity index (χ2v) is 4.36. The molecule has 3 heteroatoms. The van der Waals surface area contributed by atoms with Gasteiger partial charge >= 0.3 is 0 Å². The molecule has 100 valence electrons. The molecule has 0 saturated heterocycles. The van der Waals surface area contributed by atoms with Gasteiger partial charge in [-0.3, -0.25) is 0 Å². The van der Waals surface area contributed by atoms with Crippen LogP contribution in [0.5, 0.6) is 5.75 Å². The van der Waals surface area contributed by atoms with Crippen molar-refractivity contribution < 1.29 is 14.2 Å². The summed E-state index contributed by atoms with van der Waals surface area (Å²) in [6, 6.07) is 12.1. The maximum Gasteiger partial charge on any atom is 0.133 e. The first-order chi connectivity index (χ1) is 9.17. The van der Waals surface area contributed by atoms with Gasteiger partial charge in [-0.15, -0.1) is 0 Å². The molecule has 0 radical (unpaired) electrons. The quantitative estimate of drug-likeness (QED) is 0.912. The molecule has 2 rings (SSSR count). The highest BCUT2D eigenvalue weighted by molar-refractivity contribution is 5.42. The summed E-state index contributed by atoms with van der Waals surface area (Å²) in [6.07, 6.45) is -0.155. The lowest BCUT2D eigenvalue weighted by Crippen LogP contribution is -2.05. The van der Waals surface area contributed by atoms with Gasteiger partial charge in [-0.1, -0.05) is 37.3 Å². The Morgan fingerprint density at radius 1 is 1.21 bits per heavy atom. The molecule has 1 unspecified atom stereocenters. The van der Waals surface area contributed by atoms with E-state index in [4.69, 9.17) is 4.74 Å². The number of hydrogen-bond acceptors (Lipinski definition) is 2. The Balaban J connectivity index is 2.46. The number of aryl methyl sites for hydroxylation is 1. The molecule has 0 spiro atoms. The van der Waals surface area contributed by atoms with Crippen molar-refractivity contribution in [3.8, 4) is 5.75 Å². The molecule has 2 aromatic rings. The van der Waals surface area contributed by atoms with Gasteiger partial charge < -0.3 is 9.84 Å². The van der Waals surface area contributed by atoms with E-state index < -0.39 is 11.9 Å². The summed E-state index contributed by atoms with van der Waals surface area (Å²) in [5.74, 6) is -0.108. The zero-order valence-corrected chi connectivity index (χ0v) is 11.1. The maximum atomic E-state index is 13.9. The third-order valence-electron chi connectivity index (χ3n) is 3.18. The minimum Gasteiger partial charge on any atom is -0.496 e. The van der Waals surface area contributed by atoms with Crippen molar-refractivity contribution in [2.24, 2.45) is 0 Å². The standard InChI is InChI=1S/C16H17FO2/c1-3-11-6-4-7-12(10-11)16(18)15-13(17)8-5-9-14(15)19-2/h4-10,16,18H,3H2,1-2H3. The van der Waals surface area contributed by atoms with Gasteiger partial charge in [0.05, 0.1) is 12.7 Å². The highest BCUT2D eigenvalue weighted by Gasteiger charge is 2.19. The van der Waals surface area contributed by atoms with E-state index in [0.717, 1.165) is 12.0 Å². The molecule has 0 heterocycles. The Hall–Kier alpha value is -1.87. The second kappa shape index (κ2) is 5.85. The molecule has 0 fully saturated rings. The van der Waals surface area contributed by atoms with Crippen LogP contribution in [0.4, 0.5) is 4.39 Å². The van der Waals surface area contributed by atoms with Gasteiger partial charge in [-0.25, -0.2) is 4.39 Å². The van der Waals surface area contributed by atoms with Crippen LogP contribution in [0.2, 0.25) is 0 Å². The van der Waals surface area contributed by atoms with E-state index in [1.54, 1.807) is 18.2 Å². The highest BCUT2D eigenvalue weighted by Crippen LogP contribution is 2.32. The fraction of sp³-hybridized carbons (Fsp3) is 0.250. The van der Waals surface area contributed by atoms with Crippen LogP contribution in [0.1, 0.15) is 29.7 Å². The number of benzene rings is 2. The fourth-order valence-corrected chi connectivity index (χ4v) is 2.11. The lowest BCUT2D eigenvalue weighted by molar-refractivity contribution is 0.209. The predicted octanol–water partition coefficient (Wildman–Crippen LogP) is 3.48. The SMILES string of the molecule is CCc1cccc(C(O)c2c(F)cccc2OC)c1. The Bertz CT molecular complexity index is 566. The summed E-state index contributed by atoms with van der Waals surface area (Å²) in [6.45, 7) is 2.04. The van der Waals surface area contributed by atoms with Crippen LogP contribution < -0.4 is 4.74 Å². The van der Waals surface area contributed by atoms with Crippen molar-refractivity contribution in [1.82, 2.24) is 0 Å². The van der Waals surface area contributed by atoms with Crippen LogP contribution in [0, 0.1) is 5.82 Å². The van der Waals surface area contributed by atoms with Crippen molar-refractivity contribution in [1.29, 1.82) is 0 Å².